The van der Waals surface area contributed by atoms with Crippen molar-refractivity contribution in [1.82, 2.24) is 10.0 Å². The van der Waals surface area contributed by atoms with Gasteiger partial charge in [-0.3, -0.25) is 4.79 Å². The predicted octanol–water partition coefficient (Wildman–Crippen LogP) is 2.52. The third-order valence-corrected chi connectivity index (χ3v) is 5.17. The summed E-state index contributed by atoms with van der Waals surface area (Å²) in [5.74, 6) is 0.494. The van der Waals surface area contributed by atoms with Crippen molar-refractivity contribution in [3.63, 3.8) is 0 Å². The van der Waals surface area contributed by atoms with Crippen LogP contribution in [0.25, 0.3) is 0 Å². The van der Waals surface area contributed by atoms with Crippen LogP contribution < -0.4 is 10.0 Å². The van der Waals surface area contributed by atoms with Crippen molar-refractivity contribution in [3.8, 4) is 0 Å². The number of rotatable bonds is 9. The van der Waals surface area contributed by atoms with Crippen LogP contribution in [0, 0.1) is 19.8 Å². The molecule has 0 atom stereocenters. The van der Waals surface area contributed by atoms with Crippen LogP contribution in [0.2, 0.25) is 0 Å². The fourth-order valence-corrected chi connectivity index (χ4v) is 3.21. The Kier molecular flexibility index (Phi) is 7.72. The van der Waals surface area contributed by atoms with E-state index in [2.05, 4.69) is 23.9 Å². The summed E-state index contributed by atoms with van der Waals surface area (Å²) in [6.07, 6.45) is 2.16. The first-order valence-electron chi connectivity index (χ1n) is 8.06. The van der Waals surface area contributed by atoms with Crippen LogP contribution >= 0.6 is 0 Å². The Balaban J connectivity index is 2.39. The Hall–Kier alpha value is -1.40. The number of carbonyl (C=O) groups is 1. The van der Waals surface area contributed by atoms with Gasteiger partial charge in [0, 0.05) is 19.5 Å². The van der Waals surface area contributed by atoms with Crippen LogP contribution in [0.15, 0.2) is 23.1 Å². The van der Waals surface area contributed by atoms with Gasteiger partial charge in [0.2, 0.25) is 15.9 Å². The summed E-state index contributed by atoms with van der Waals surface area (Å²) < 4.78 is 26.8. The van der Waals surface area contributed by atoms with E-state index >= 15 is 0 Å². The maximum atomic E-state index is 12.2. The first-order valence-corrected chi connectivity index (χ1v) is 9.54. The van der Waals surface area contributed by atoms with E-state index in [1.54, 1.807) is 18.2 Å². The molecule has 2 N–H and O–H groups in total. The van der Waals surface area contributed by atoms with Gasteiger partial charge in [0.05, 0.1) is 4.90 Å². The van der Waals surface area contributed by atoms with E-state index in [-0.39, 0.29) is 23.8 Å². The molecular weight excluding hydrogens is 312 g/mol. The van der Waals surface area contributed by atoms with Gasteiger partial charge in [-0.05, 0) is 55.9 Å². The van der Waals surface area contributed by atoms with Gasteiger partial charge in [0.15, 0.2) is 0 Å². The van der Waals surface area contributed by atoms with E-state index in [1.807, 2.05) is 13.8 Å². The highest BCUT2D eigenvalue weighted by Gasteiger charge is 2.14. The maximum Gasteiger partial charge on any atom is 0.240 e. The highest BCUT2D eigenvalue weighted by molar-refractivity contribution is 7.89. The van der Waals surface area contributed by atoms with E-state index in [0.29, 0.717) is 12.5 Å². The zero-order valence-electron chi connectivity index (χ0n) is 14.5. The first kappa shape index (κ1) is 19.6. The van der Waals surface area contributed by atoms with Crippen molar-refractivity contribution < 1.29 is 13.2 Å². The minimum atomic E-state index is -3.56. The second-order valence-corrected chi connectivity index (χ2v) is 8.05. The molecule has 5 nitrogen and oxygen atoms in total. The average molecular weight is 340 g/mol. The third kappa shape index (κ3) is 7.14. The van der Waals surface area contributed by atoms with Crippen molar-refractivity contribution in [2.45, 2.75) is 51.9 Å². The molecule has 0 fully saturated rings. The van der Waals surface area contributed by atoms with Gasteiger partial charge in [-0.25, -0.2) is 13.1 Å². The Morgan fingerprint density at radius 2 is 1.83 bits per heavy atom. The first-order chi connectivity index (χ1) is 10.7. The predicted molar refractivity (Wildman–Crippen MR) is 92.8 cm³/mol. The monoisotopic (exact) mass is 340 g/mol. The van der Waals surface area contributed by atoms with Crippen molar-refractivity contribution in [3.05, 3.63) is 29.3 Å². The number of carbonyl (C=O) groups excluding carboxylic acids is 1. The fraction of sp³-hybridized carbons (Fsp3) is 0.588. The molecule has 0 aliphatic carbocycles. The van der Waals surface area contributed by atoms with Crippen molar-refractivity contribution in [2.75, 3.05) is 13.1 Å². The lowest BCUT2D eigenvalue weighted by molar-refractivity contribution is -0.120. The van der Waals surface area contributed by atoms with Gasteiger partial charge < -0.3 is 5.32 Å². The van der Waals surface area contributed by atoms with Crippen LogP contribution in [0.4, 0.5) is 0 Å². The standard InChI is InChI=1S/C17H28N2O3S/c1-13(2)6-5-10-18-17(20)9-11-19-23(21,22)16-8-7-14(3)15(4)12-16/h7-8,12-13,19H,5-6,9-11H2,1-4H3,(H,18,20). The molecule has 0 aliphatic rings. The maximum absolute atomic E-state index is 12.2. The van der Waals surface area contributed by atoms with E-state index in [0.717, 1.165) is 24.0 Å². The molecule has 1 aromatic carbocycles. The summed E-state index contributed by atoms with van der Waals surface area (Å²) >= 11 is 0. The second-order valence-electron chi connectivity index (χ2n) is 6.28. The Morgan fingerprint density at radius 3 is 2.43 bits per heavy atom. The molecule has 0 saturated carbocycles. The number of nitrogens with one attached hydrogen (secondary N) is 2. The smallest absolute Gasteiger partial charge is 0.240 e. The molecule has 0 saturated heterocycles. The Morgan fingerprint density at radius 1 is 1.13 bits per heavy atom. The molecule has 0 aromatic heterocycles. The number of amides is 1. The Labute approximate surface area is 139 Å². The average Bonchev–Trinajstić information content (AvgIpc) is 2.46. The number of hydrogen-bond acceptors (Lipinski definition) is 3. The van der Waals surface area contributed by atoms with Crippen molar-refractivity contribution in [2.24, 2.45) is 5.92 Å². The van der Waals surface area contributed by atoms with Crippen molar-refractivity contribution in [1.29, 1.82) is 0 Å². The van der Waals surface area contributed by atoms with E-state index in [4.69, 9.17) is 0 Å². The molecule has 130 valence electrons. The van der Waals surface area contributed by atoms with Crippen LogP contribution in [0.3, 0.4) is 0 Å². The molecule has 6 heteroatoms. The number of hydrogen-bond donors (Lipinski definition) is 2. The highest BCUT2D eigenvalue weighted by atomic mass is 32.2. The molecule has 1 rings (SSSR count). The summed E-state index contributed by atoms with van der Waals surface area (Å²) in [4.78, 5) is 11.9. The molecular formula is C17H28N2O3S. The van der Waals surface area contributed by atoms with Gasteiger partial charge >= 0.3 is 0 Å². The quantitative estimate of drug-likeness (QED) is 0.678. The SMILES string of the molecule is Cc1ccc(S(=O)(=O)NCCC(=O)NCCCC(C)C)cc1C. The molecule has 0 heterocycles. The summed E-state index contributed by atoms with van der Waals surface area (Å²) in [6, 6.07) is 5.01. The van der Waals surface area contributed by atoms with Gasteiger partial charge in [-0.1, -0.05) is 19.9 Å². The van der Waals surface area contributed by atoms with E-state index in [9.17, 15) is 13.2 Å². The van der Waals surface area contributed by atoms with Gasteiger partial charge in [-0.2, -0.15) is 0 Å². The van der Waals surface area contributed by atoms with Gasteiger partial charge in [0.25, 0.3) is 0 Å². The zero-order chi connectivity index (χ0) is 17.5. The van der Waals surface area contributed by atoms with Gasteiger partial charge in [0.1, 0.15) is 0 Å². The second kappa shape index (κ2) is 9.03. The largest absolute Gasteiger partial charge is 0.356 e. The molecule has 0 radical (unpaired) electrons. The molecule has 1 amide bonds. The minimum absolute atomic E-state index is 0.102. The lowest BCUT2D eigenvalue weighted by atomic mass is 10.1. The number of aryl methyl sites for hydroxylation is 2. The fourth-order valence-electron chi connectivity index (χ4n) is 2.09. The molecule has 23 heavy (non-hydrogen) atoms. The minimum Gasteiger partial charge on any atom is -0.356 e. The van der Waals surface area contributed by atoms with E-state index in [1.165, 1.54) is 0 Å². The molecule has 0 aliphatic heterocycles. The number of benzene rings is 1. The Bertz CT molecular complexity index is 625. The van der Waals surface area contributed by atoms with Gasteiger partial charge in [-0.15, -0.1) is 0 Å². The van der Waals surface area contributed by atoms with Crippen LogP contribution in [0.1, 0.15) is 44.2 Å². The van der Waals surface area contributed by atoms with Crippen LogP contribution in [-0.4, -0.2) is 27.4 Å². The molecule has 1 aromatic rings. The molecule has 0 unspecified atom stereocenters. The molecule has 0 bridgehead atoms. The van der Waals surface area contributed by atoms with Crippen LogP contribution in [0.5, 0.6) is 0 Å². The molecule has 0 spiro atoms. The zero-order valence-corrected chi connectivity index (χ0v) is 15.3. The summed E-state index contributed by atoms with van der Waals surface area (Å²) in [5.41, 5.74) is 1.97. The van der Waals surface area contributed by atoms with Crippen LogP contribution in [-0.2, 0) is 14.8 Å². The lowest BCUT2D eigenvalue weighted by Crippen LogP contribution is -2.31. The topological polar surface area (TPSA) is 75.3 Å². The lowest BCUT2D eigenvalue weighted by Gasteiger charge is -2.09. The summed E-state index contributed by atoms with van der Waals surface area (Å²) in [7, 11) is -3.56. The van der Waals surface area contributed by atoms with Crippen molar-refractivity contribution >= 4 is 15.9 Å². The number of sulfonamides is 1. The van der Waals surface area contributed by atoms with E-state index < -0.39 is 10.0 Å². The third-order valence-electron chi connectivity index (χ3n) is 3.71. The summed E-state index contributed by atoms with van der Waals surface area (Å²) in [5, 5.41) is 2.81. The highest BCUT2D eigenvalue weighted by Crippen LogP contribution is 2.14. The summed E-state index contributed by atoms with van der Waals surface area (Å²) in [6.45, 7) is 8.83. The normalized spacial score (nSPS) is 11.7.